The van der Waals surface area contributed by atoms with Gasteiger partial charge in [0.05, 0.1) is 10.7 Å². The van der Waals surface area contributed by atoms with Crippen molar-refractivity contribution in [2.24, 2.45) is 0 Å². The van der Waals surface area contributed by atoms with Gasteiger partial charge in [0.2, 0.25) is 0 Å². The Bertz CT molecular complexity index is 970. The number of hydrogen-bond acceptors (Lipinski definition) is 7. The summed E-state index contributed by atoms with van der Waals surface area (Å²) in [5.41, 5.74) is 1.04. The number of thioether (sulfide) groups is 1. The van der Waals surface area contributed by atoms with Crippen molar-refractivity contribution >= 4 is 23.2 Å². The number of non-ortho nitro benzene ring substituents is 1. The molecule has 0 amide bonds. The third kappa shape index (κ3) is 4.26. The zero-order chi connectivity index (χ0) is 19.2. The highest BCUT2D eigenvalue weighted by atomic mass is 32.2. The maximum Gasteiger partial charge on any atom is 0.269 e. The van der Waals surface area contributed by atoms with Crippen LogP contribution in [-0.2, 0) is 6.54 Å². The number of allylic oxidation sites excluding steroid dienone is 1. The van der Waals surface area contributed by atoms with Crippen molar-refractivity contribution in [1.29, 1.82) is 0 Å². The second kappa shape index (κ2) is 8.37. The normalized spacial score (nSPS) is 10.5. The SMILES string of the molecule is C=CCn1c(SCC(=O)c2ccc([N+](=O)[O-])cc2)nnc1-c1ccccn1. The van der Waals surface area contributed by atoms with Gasteiger partial charge in [0, 0.05) is 30.4 Å². The number of pyridine rings is 1. The second-order valence-electron chi connectivity index (χ2n) is 5.44. The molecule has 0 saturated carbocycles. The quantitative estimate of drug-likeness (QED) is 0.194. The fourth-order valence-electron chi connectivity index (χ4n) is 2.36. The summed E-state index contributed by atoms with van der Waals surface area (Å²) in [6.45, 7) is 4.23. The van der Waals surface area contributed by atoms with Gasteiger partial charge in [-0.1, -0.05) is 23.9 Å². The van der Waals surface area contributed by atoms with Gasteiger partial charge in [-0.05, 0) is 24.3 Å². The van der Waals surface area contributed by atoms with Crippen LogP contribution in [0.1, 0.15) is 10.4 Å². The van der Waals surface area contributed by atoms with Crippen LogP contribution >= 0.6 is 11.8 Å². The Kier molecular flexibility index (Phi) is 5.72. The van der Waals surface area contributed by atoms with E-state index >= 15 is 0 Å². The molecule has 0 aliphatic rings. The number of carbonyl (C=O) groups excluding carboxylic acids is 1. The molecule has 1 aromatic carbocycles. The van der Waals surface area contributed by atoms with E-state index < -0.39 is 4.92 Å². The van der Waals surface area contributed by atoms with Crippen LogP contribution in [0.5, 0.6) is 0 Å². The van der Waals surface area contributed by atoms with E-state index in [9.17, 15) is 14.9 Å². The number of aromatic nitrogens is 4. The van der Waals surface area contributed by atoms with Crippen LogP contribution < -0.4 is 0 Å². The van der Waals surface area contributed by atoms with Gasteiger partial charge in [-0.3, -0.25) is 24.5 Å². The van der Waals surface area contributed by atoms with Crippen molar-refractivity contribution < 1.29 is 9.72 Å². The number of carbonyl (C=O) groups is 1. The molecule has 136 valence electrons. The lowest BCUT2D eigenvalue weighted by atomic mass is 10.1. The topological polar surface area (TPSA) is 104 Å². The number of benzene rings is 1. The molecule has 0 spiro atoms. The average Bonchev–Trinajstić information content (AvgIpc) is 3.10. The Morgan fingerprint density at radius 3 is 2.63 bits per heavy atom. The molecule has 9 heteroatoms. The van der Waals surface area contributed by atoms with Gasteiger partial charge < -0.3 is 0 Å². The molecular formula is C18H15N5O3S. The molecule has 3 rings (SSSR count). The van der Waals surface area contributed by atoms with Crippen molar-refractivity contribution in [3.8, 4) is 11.5 Å². The molecule has 0 fully saturated rings. The molecule has 0 saturated heterocycles. The molecule has 8 nitrogen and oxygen atoms in total. The zero-order valence-electron chi connectivity index (χ0n) is 14.2. The standard InChI is InChI=1S/C18H15N5O3S/c1-2-11-22-17(15-5-3-4-10-19-15)20-21-18(22)27-12-16(24)13-6-8-14(9-7-13)23(25)26/h2-10H,1,11-12H2. The first-order valence-electron chi connectivity index (χ1n) is 7.96. The van der Waals surface area contributed by atoms with E-state index in [4.69, 9.17) is 0 Å². The highest BCUT2D eigenvalue weighted by Gasteiger charge is 2.16. The second-order valence-corrected chi connectivity index (χ2v) is 6.38. The van der Waals surface area contributed by atoms with Gasteiger partial charge in [0.1, 0.15) is 5.69 Å². The monoisotopic (exact) mass is 381 g/mol. The van der Waals surface area contributed by atoms with Gasteiger partial charge in [-0.2, -0.15) is 0 Å². The van der Waals surface area contributed by atoms with E-state index in [-0.39, 0.29) is 17.2 Å². The van der Waals surface area contributed by atoms with Crippen molar-refractivity contribution in [2.45, 2.75) is 11.7 Å². The molecule has 0 radical (unpaired) electrons. The van der Waals surface area contributed by atoms with E-state index in [1.807, 2.05) is 22.8 Å². The summed E-state index contributed by atoms with van der Waals surface area (Å²) in [6.07, 6.45) is 3.39. The maximum absolute atomic E-state index is 12.4. The van der Waals surface area contributed by atoms with Crippen LogP contribution in [0.25, 0.3) is 11.5 Å². The summed E-state index contributed by atoms with van der Waals surface area (Å²) in [5, 5.41) is 19.6. The molecule has 2 heterocycles. The van der Waals surface area contributed by atoms with Gasteiger partial charge in [0.25, 0.3) is 5.69 Å². The number of ketones is 1. The highest BCUT2D eigenvalue weighted by Crippen LogP contribution is 2.24. The smallest absolute Gasteiger partial charge is 0.269 e. The van der Waals surface area contributed by atoms with Crippen LogP contribution in [0.2, 0.25) is 0 Å². The molecule has 3 aromatic rings. The largest absolute Gasteiger partial charge is 0.297 e. The van der Waals surface area contributed by atoms with Crippen LogP contribution in [0.4, 0.5) is 5.69 Å². The van der Waals surface area contributed by atoms with Crippen molar-refractivity contribution in [2.75, 3.05) is 5.75 Å². The lowest BCUT2D eigenvalue weighted by Gasteiger charge is -2.07. The molecule has 0 unspecified atom stereocenters. The van der Waals surface area contributed by atoms with Crippen molar-refractivity contribution in [1.82, 2.24) is 19.7 Å². The molecule has 0 N–H and O–H groups in total. The average molecular weight is 381 g/mol. The number of hydrogen-bond donors (Lipinski definition) is 0. The fraction of sp³-hybridized carbons (Fsp3) is 0.111. The zero-order valence-corrected chi connectivity index (χ0v) is 15.0. The lowest BCUT2D eigenvalue weighted by molar-refractivity contribution is -0.384. The summed E-state index contributed by atoms with van der Waals surface area (Å²) in [5.74, 6) is 0.582. The third-order valence-corrected chi connectivity index (χ3v) is 4.62. The predicted octanol–water partition coefficient (Wildman–Crippen LogP) is 3.41. The molecular weight excluding hydrogens is 366 g/mol. The van der Waals surface area contributed by atoms with Crippen LogP contribution in [-0.4, -0.2) is 36.2 Å². The van der Waals surface area contributed by atoms with E-state index in [1.165, 1.54) is 36.0 Å². The summed E-state index contributed by atoms with van der Waals surface area (Å²) < 4.78 is 1.84. The summed E-state index contributed by atoms with van der Waals surface area (Å²) in [7, 11) is 0. The maximum atomic E-state index is 12.4. The molecule has 0 aliphatic carbocycles. The molecule has 0 bridgehead atoms. The minimum atomic E-state index is -0.500. The predicted molar refractivity (Wildman–Crippen MR) is 102 cm³/mol. The summed E-state index contributed by atoms with van der Waals surface area (Å²) in [4.78, 5) is 26.8. The summed E-state index contributed by atoms with van der Waals surface area (Å²) >= 11 is 1.25. The van der Waals surface area contributed by atoms with Crippen molar-refractivity contribution in [3.05, 3.63) is 77.0 Å². The van der Waals surface area contributed by atoms with Crippen LogP contribution in [0.15, 0.2) is 66.5 Å². The van der Waals surface area contributed by atoms with Gasteiger partial charge >= 0.3 is 0 Å². The number of nitro groups is 1. The van der Waals surface area contributed by atoms with E-state index in [0.29, 0.717) is 28.8 Å². The first-order valence-corrected chi connectivity index (χ1v) is 8.94. The Morgan fingerprint density at radius 2 is 2.00 bits per heavy atom. The third-order valence-electron chi connectivity index (χ3n) is 3.65. The molecule has 2 aromatic heterocycles. The summed E-state index contributed by atoms with van der Waals surface area (Å²) in [6, 6.07) is 11.1. The Labute approximate surface area is 159 Å². The first kappa shape index (κ1) is 18.5. The fourth-order valence-corrected chi connectivity index (χ4v) is 3.20. The molecule has 27 heavy (non-hydrogen) atoms. The Hall–Kier alpha value is -3.33. The number of Topliss-reactive ketones (excluding diaryl/α,β-unsaturated/α-hetero) is 1. The molecule has 0 atom stereocenters. The van der Waals surface area contributed by atoms with E-state index in [0.717, 1.165) is 0 Å². The van der Waals surface area contributed by atoms with Gasteiger partial charge in [-0.25, -0.2) is 0 Å². The van der Waals surface area contributed by atoms with Crippen LogP contribution in [0.3, 0.4) is 0 Å². The number of rotatable bonds is 8. The number of nitrogens with zero attached hydrogens (tertiary/aromatic N) is 5. The Balaban J connectivity index is 1.75. The van der Waals surface area contributed by atoms with Crippen molar-refractivity contribution in [3.63, 3.8) is 0 Å². The Morgan fingerprint density at radius 1 is 1.22 bits per heavy atom. The van der Waals surface area contributed by atoms with Gasteiger partial charge in [0.15, 0.2) is 16.8 Å². The highest BCUT2D eigenvalue weighted by molar-refractivity contribution is 7.99. The van der Waals surface area contributed by atoms with Crippen LogP contribution in [0, 0.1) is 10.1 Å². The lowest BCUT2D eigenvalue weighted by Crippen LogP contribution is -2.06. The molecule has 0 aliphatic heterocycles. The van der Waals surface area contributed by atoms with E-state index in [2.05, 4.69) is 21.8 Å². The minimum Gasteiger partial charge on any atom is -0.297 e. The minimum absolute atomic E-state index is 0.0510. The van der Waals surface area contributed by atoms with Gasteiger partial charge in [-0.15, -0.1) is 16.8 Å². The first-order chi connectivity index (χ1) is 13.1. The number of nitro benzene ring substituents is 1. The van der Waals surface area contributed by atoms with E-state index in [1.54, 1.807) is 12.3 Å².